The highest BCUT2D eigenvalue weighted by Gasteiger charge is 2.38. The molecule has 0 heterocycles. The first-order valence-electron chi connectivity index (χ1n) is 10.3. The summed E-state index contributed by atoms with van der Waals surface area (Å²) in [5, 5.41) is 7.12. The molecule has 0 unspecified atom stereocenters. The van der Waals surface area contributed by atoms with Gasteiger partial charge in [-0.1, -0.05) is 48.5 Å². The number of hydrogen-bond donors (Lipinski definition) is 2. The Morgan fingerprint density at radius 2 is 1.37 bits per heavy atom. The van der Waals surface area contributed by atoms with E-state index in [1.54, 1.807) is 30.1 Å². The second-order valence-electron chi connectivity index (χ2n) is 7.22. The summed E-state index contributed by atoms with van der Waals surface area (Å²) in [5.74, 6) is -3.18. The van der Waals surface area contributed by atoms with Gasteiger partial charge in [-0.25, -0.2) is 4.79 Å². The number of para-hydroxylation sites is 2. The molecule has 0 spiro atoms. The first kappa shape index (κ1) is 27.1. The molecule has 2 amide bonds. The Morgan fingerprint density at radius 1 is 0.857 bits per heavy atom. The average Bonchev–Trinajstić information content (AvgIpc) is 2.87. The van der Waals surface area contributed by atoms with E-state index in [-0.39, 0.29) is 18.4 Å². The standard InChI is InChI=1S/C23H23N3O2.C2HF3O2/c1-25(20-11-4-2-5-12-20)22(27)17-26(21-13-6-3-7-14-21)23(28)19-10-8-9-18(15-19)16-24;3-2(4,5)1(6)7/h2-15H,16-17,24H2,1H3;(H,6,7). The summed E-state index contributed by atoms with van der Waals surface area (Å²) in [4.78, 5) is 38.1. The number of alkyl halides is 3. The molecule has 0 aliphatic heterocycles. The number of benzene rings is 3. The lowest BCUT2D eigenvalue weighted by molar-refractivity contribution is -0.192. The van der Waals surface area contributed by atoms with E-state index in [2.05, 4.69) is 0 Å². The lowest BCUT2D eigenvalue weighted by atomic mass is 10.1. The number of aliphatic carboxylic acids is 1. The summed E-state index contributed by atoms with van der Waals surface area (Å²) >= 11 is 0. The zero-order chi connectivity index (χ0) is 26.0. The monoisotopic (exact) mass is 487 g/mol. The molecule has 0 aromatic heterocycles. The maximum atomic E-state index is 13.2. The van der Waals surface area contributed by atoms with Crippen molar-refractivity contribution in [3.8, 4) is 0 Å². The summed E-state index contributed by atoms with van der Waals surface area (Å²) in [6, 6.07) is 25.7. The molecule has 3 rings (SSSR count). The van der Waals surface area contributed by atoms with Crippen LogP contribution in [-0.2, 0) is 16.1 Å². The zero-order valence-electron chi connectivity index (χ0n) is 18.8. The Kier molecular flexibility index (Phi) is 9.54. The number of carboxylic acid groups (broad SMARTS) is 1. The number of rotatable bonds is 6. The molecular formula is C25H24F3N3O4. The van der Waals surface area contributed by atoms with Crippen molar-refractivity contribution in [1.82, 2.24) is 0 Å². The normalized spacial score (nSPS) is 10.5. The van der Waals surface area contributed by atoms with Crippen molar-refractivity contribution in [2.75, 3.05) is 23.4 Å². The Hall–Kier alpha value is -4.18. The first-order chi connectivity index (χ1) is 16.5. The van der Waals surface area contributed by atoms with Crippen LogP contribution in [-0.4, -0.2) is 42.7 Å². The van der Waals surface area contributed by atoms with Crippen LogP contribution >= 0.6 is 0 Å². The molecule has 0 saturated heterocycles. The summed E-state index contributed by atoms with van der Waals surface area (Å²) < 4.78 is 31.7. The second-order valence-corrected chi connectivity index (χ2v) is 7.22. The lowest BCUT2D eigenvalue weighted by Gasteiger charge is -2.26. The SMILES string of the molecule is CN(C(=O)CN(C(=O)c1cccc(CN)c1)c1ccccc1)c1ccccc1.O=C(O)C(F)(F)F. The Labute approximate surface area is 200 Å². The minimum Gasteiger partial charge on any atom is -0.475 e. The Morgan fingerprint density at radius 3 is 1.86 bits per heavy atom. The zero-order valence-corrected chi connectivity index (χ0v) is 18.8. The van der Waals surface area contributed by atoms with Gasteiger partial charge < -0.3 is 15.7 Å². The van der Waals surface area contributed by atoms with Crippen LogP contribution in [0.25, 0.3) is 0 Å². The molecule has 0 radical (unpaired) electrons. The van der Waals surface area contributed by atoms with E-state index in [0.717, 1.165) is 11.3 Å². The fourth-order valence-electron chi connectivity index (χ4n) is 2.91. The van der Waals surface area contributed by atoms with Gasteiger partial charge >= 0.3 is 12.1 Å². The number of carbonyl (C=O) groups excluding carboxylic acids is 2. The van der Waals surface area contributed by atoms with E-state index in [1.165, 1.54) is 4.90 Å². The Balaban J connectivity index is 0.000000540. The number of carbonyl (C=O) groups is 3. The highest BCUT2D eigenvalue weighted by atomic mass is 19.4. The van der Waals surface area contributed by atoms with E-state index in [4.69, 9.17) is 15.6 Å². The van der Waals surface area contributed by atoms with Gasteiger partial charge in [0, 0.05) is 30.5 Å². The van der Waals surface area contributed by atoms with Gasteiger partial charge in [0.2, 0.25) is 5.91 Å². The van der Waals surface area contributed by atoms with Crippen molar-refractivity contribution < 1.29 is 32.7 Å². The number of hydrogen-bond acceptors (Lipinski definition) is 4. The van der Waals surface area contributed by atoms with Crippen LogP contribution in [0.5, 0.6) is 0 Å². The Bertz CT molecular complexity index is 1140. The van der Waals surface area contributed by atoms with Crippen LogP contribution in [0.2, 0.25) is 0 Å². The number of carboxylic acids is 1. The third kappa shape index (κ3) is 7.97. The molecule has 10 heteroatoms. The molecule has 35 heavy (non-hydrogen) atoms. The second kappa shape index (κ2) is 12.3. The molecule has 0 fully saturated rings. The van der Waals surface area contributed by atoms with Crippen molar-refractivity contribution in [2.45, 2.75) is 12.7 Å². The number of likely N-dealkylation sites (N-methyl/N-ethyl adjacent to an activating group) is 1. The fraction of sp³-hybridized carbons (Fsp3) is 0.160. The first-order valence-corrected chi connectivity index (χ1v) is 10.3. The number of amides is 2. The van der Waals surface area contributed by atoms with Crippen LogP contribution in [0.15, 0.2) is 84.9 Å². The summed E-state index contributed by atoms with van der Waals surface area (Å²) in [6.07, 6.45) is -5.08. The molecular weight excluding hydrogens is 463 g/mol. The molecule has 3 aromatic carbocycles. The van der Waals surface area contributed by atoms with Crippen molar-refractivity contribution in [1.29, 1.82) is 0 Å². The molecule has 3 aromatic rings. The summed E-state index contributed by atoms with van der Waals surface area (Å²) in [6.45, 7) is 0.281. The topological polar surface area (TPSA) is 104 Å². The molecule has 184 valence electrons. The highest BCUT2D eigenvalue weighted by Crippen LogP contribution is 2.19. The minimum absolute atomic E-state index is 0.0684. The predicted molar refractivity (Wildman–Crippen MR) is 126 cm³/mol. The van der Waals surface area contributed by atoms with E-state index < -0.39 is 12.1 Å². The van der Waals surface area contributed by atoms with Crippen LogP contribution < -0.4 is 15.5 Å². The van der Waals surface area contributed by atoms with Crippen LogP contribution in [0.1, 0.15) is 15.9 Å². The molecule has 0 aliphatic carbocycles. The molecule has 3 N–H and O–H groups in total. The number of nitrogens with two attached hydrogens (primary N) is 1. The van der Waals surface area contributed by atoms with E-state index >= 15 is 0 Å². The lowest BCUT2D eigenvalue weighted by Crippen LogP contribution is -2.41. The smallest absolute Gasteiger partial charge is 0.475 e. The summed E-state index contributed by atoms with van der Waals surface area (Å²) in [7, 11) is 1.71. The van der Waals surface area contributed by atoms with Crippen LogP contribution in [0.4, 0.5) is 24.5 Å². The van der Waals surface area contributed by atoms with Gasteiger partial charge in [-0.3, -0.25) is 14.5 Å². The molecule has 0 aliphatic rings. The van der Waals surface area contributed by atoms with Gasteiger partial charge in [0.05, 0.1) is 0 Å². The van der Waals surface area contributed by atoms with E-state index in [0.29, 0.717) is 17.8 Å². The number of nitrogens with zero attached hydrogens (tertiary/aromatic N) is 2. The van der Waals surface area contributed by atoms with Crippen molar-refractivity contribution in [3.63, 3.8) is 0 Å². The average molecular weight is 487 g/mol. The predicted octanol–water partition coefficient (Wildman–Crippen LogP) is 4.09. The van der Waals surface area contributed by atoms with Gasteiger partial charge in [-0.2, -0.15) is 13.2 Å². The van der Waals surface area contributed by atoms with Gasteiger partial charge in [0.1, 0.15) is 6.54 Å². The maximum Gasteiger partial charge on any atom is 0.490 e. The summed E-state index contributed by atoms with van der Waals surface area (Å²) in [5.41, 5.74) is 8.52. The van der Waals surface area contributed by atoms with E-state index in [1.807, 2.05) is 66.7 Å². The molecule has 0 saturated carbocycles. The number of anilines is 2. The maximum absolute atomic E-state index is 13.2. The third-order valence-corrected chi connectivity index (χ3v) is 4.78. The van der Waals surface area contributed by atoms with Gasteiger partial charge in [0.25, 0.3) is 5.91 Å². The van der Waals surface area contributed by atoms with Crippen molar-refractivity contribution in [3.05, 3.63) is 96.1 Å². The van der Waals surface area contributed by atoms with Gasteiger partial charge in [-0.15, -0.1) is 0 Å². The van der Waals surface area contributed by atoms with E-state index in [9.17, 15) is 22.8 Å². The largest absolute Gasteiger partial charge is 0.490 e. The van der Waals surface area contributed by atoms with Crippen molar-refractivity contribution >= 4 is 29.2 Å². The van der Waals surface area contributed by atoms with Gasteiger partial charge in [0.15, 0.2) is 0 Å². The quantitative estimate of drug-likeness (QED) is 0.545. The number of halogens is 3. The molecule has 0 atom stereocenters. The van der Waals surface area contributed by atoms with Crippen LogP contribution in [0.3, 0.4) is 0 Å². The highest BCUT2D eigenvalue weighted by molar-refractivity contribution is 6.10. The van der Waals surface area contributed by atoms with Crippen LogP contribution in [0, 0.1) is 0 Å². The van der Waals surface area contributed by atoms with Crippen molar-refractivity contribution in [2.24, 2.45) is 5.73 Å². The minimum atomic E-state index is -5.08. The third-order valence-electron chi connectivity index (χ3n) is 4.78. The molecule has 0 bridgehead atoms. The molecule has 7 nitrogen and oxygen atoms in total. The van der Waals surface area contributed by atoms with Gasteiger partial charge in [-0.05, 0) is 42.0 Å². The fourth-order valence-corrected chi connectivity index (χ4v) is 2.91.